The van der Waals surface area contributed by atoms with Crippen LogP contribution in [-0.4, -0.2) is 58.2 Å². The van der Waals surface area contributed by atoms with Gasteiger partial charge in [-0.3, -0.25) is 4.79 Å². The van der Waals surface area contributed by atoms with Gasteiger partial charge in [-0.25, -0.2) is 23.5 Å². The van der Waals surface area contributed by atoms with Gasteiger partial charge in [0.05, 0.1) is 11.5 Å². The number of hydrogen-bond donors (Lipinski definition) is 1. The Morgan fingerprint density at radius 2 is 2.00 bits per heavy atom. The van der Waals surface area contributed by atoms with Gasteiger partial charge in [-0.2, -0.15) is 13.2 Å². The lowest BCUT2D eigenvalue weighted by Crippen LogP contribution is -2.40. The van der Waals surface area contributed by atoms with Crippen LogP contribution in [0.4, 0.5) is 27.8 Å². The summed E-state index contributed by atoms with van der Waals surface area (Å²) < 4.78 is 70.7. The van der Waals surface area contributed by atoms with E-state index in [-0.39, 0.29) is 39.8 Å². The minimum atomic E-state index is -4.57. The van der Waals surface area contributed by atoms with E-state index in [0.717, 1.165) is 37.9 Å². The smallest absolute Gasteiger partial charge is 0.405 e. The summed E-state index contributed by atoms with van der Waals surface area (Å²) in [6.07, 6.45) is -3.55. The highest BCUT2D eigenvalue weighted by molar-refractivity contribution is 7.17. The zero-order valence-electron chi connectivity index (χ0n) is 20.0. The predicted octanol–water partition coefficient (Wildman–Crippen LogP) is 6.09. The van der Waals surface area contributed by atoms with Crippen molar-refractivity contribution in [1.29, 1.82) is 0 Å². The minimum Gasteiger partial charge on any atom is -0.461 e. The summed E-state index contributed by atoms with van der Waals surface area (Å²) >= 11 is 0.712. The van der Waals surface area contributed by atoms with Gasteiger partial charge in [-0.05, 0) is 39.2 Å². The number of thiazole rings is 1. The van der Waals surface area contributed by atoms with Crippen molar-refractivity contribution >= 4 is 29.0 Å². The van der Waals surface area contributed by atoms with Gasteiger partial charge in [-0.1, -0.05) is 13.3 Å². The molecule has 13 heteroatoms. The number of hydrogen-bond acceptors (Lipinski definition) is 7. The Morgan fingerprint density at radius 3 is 2.61 bits per heavy atom. The van der Waals surface area contributed by atoms with Crippen molar-refractivity contribution in [1.82, 2.24) is 14.9 Å². The maximum Gasteiger partial charge on any atom is 0.405 e. The third-order valence-corrected chi connectivity index (χ3v) is 6.88. The Balaban J connectivity index is 2.10. The first-order valence-corrected chi connectivity index (χ1v) is 12.4. The number of esters is 1. The Hall–Kier alpha value is -2.83. The quantitative estimate of drug-likeness (QED) is 0.310. The molecule has 36 heavy (non-hydrogen) atoms. The molecular formula is C23H27F5N4O3S. The lowest BCUT2D eigenvalue weighted by atomic mass is 10.1. The number of carbonyl (C=O) groups excluding carboxylic acids is 2. The van der Waals surface area contributed by atoms with Crippen molar-refractivity contribution in [2.75, 3.05) is 18.5 Å². The van der Waals surface area contributed by atoms with Gasteiger partial charge in [0.2, 0.25) is 5.01 Å². The summed E-state index contributed by atoms with van der Waals surface area (Å²) in [5, 5.41) is 1.79. The van der Waals surface area contributed by atoms with Crippen LogP contribution in [-0.2, 0) is 4.74 Å². The topological polar surface area (TPSA) is 84.4 Å². The molecule has 0 saturated carbocycles. The van der Waals surface area contributed by atoms with E-state index in [1.54, 1.807) is 11.8 Å². The summed E-state index contributed by atoms with van der Waals surface area (Å²) in [5.74, 6) is -1.71. The number of rotatable bonds is 9. The second-order valence-corrected chi connectivity index (χ2v) is 9.42. The molecule has 3 heterocycles. The second-order valence-electron chi connectivity index (χ2n) is 8.42. The second kappa shape index (κ2) is 11.5. The van der Waals surface area contributed by atoms with Crippen molar-refractivity contribution in [2.24, 2.45) is 0 Å². The Kier molecular flexibility index (Phi) is 8.85. The number of pyridine rings is 1. The first-order chi connectivity index (χ1) is 17.0. The van der Waals surface area contributed by atoms with Crippen molar-refractivity contribution in [3.8, 4) is 10.4 Å². The average Bonchev–Trinajstić information content (AvgIpc) is 3.41. The van der Waals surface area contributed by atoms with E-state index in [4.69, 9.17) is 4.74 Å². The van der Waals surface area contributed by atoms with Gasteiger partial charge in [-0.15, -0.1) is 11.3 Å². The highest BCUT2D eigenvalue weighted by Crippen LogP contribution is 2.40. The largest absolute Gasteiger partial charge is 0.461 e. The average molecular weight is 535 g/mol. The summed E-state index contributed by atoms with van der Waals surface area (Å²) in [6, 6.07) is 0.637. The fraction of sp³-hybridized carbons (Fsp3) is 0.565. The molecule has 0 aliphatic carbocycles. The molecule has 7 nitrogen and oxygen atoms in total. The number of nitrogens with one attached hydrogen (secondary N) is 1. The predicted molar refractivity (Wildman–Crippen MR) is 124 cm³/mol. The number of carbonyl (C=O) groups is 2. The molecule has 2 unspecified atom stereocenters. The number of alkyl halides is 5. The molecule has 2 aromatic heterocycles. The Morgan fingerprint density at radius 1 is 1.28 bits per heavy atom. The van der Waals surface area contributed by atoms with E-state index in [2.05, 4.69) is 9.97 Å². The van der Waals surface area contributed by atoms with Crippen LogP contribution in [0.3, 0.4) is 0 Å². The molecule has 198 valence electrons. The lowest BCUT2D eigenvalue weighted by Gasteiger charge is -2.28. The fourth-order valence-corrected chi connectivity index (χ4v) is 5.22. The van der Waals surface area contributed by atoms with Crippen LogP contribution in [0.5, 0.6) is 0 Å². The van der Waals surface area contributed by atoms with Crippen LogP contribution in [0.25, 0.3) is 10.4 Å². The standard InChI is InChI=1S/C23H27F5N4O3S/c1-4-6-13-8-7-12(3)32(13)21(33)17-18(36-20(31-17)22(34)35-5-2)15-10-29-16(9-14(15)19(24)25)30-11-23(26,27)28/h9-10,12-13,19H,4-8,11H2,1-3H3,(H,29,30). The normalized spacial score (nSPS) is 18.1. The number of amides is 1. The molecule has 1 N–H and O–H groups in total. The Bertz CT molecular complexity index is 1090. The van der Waals surface area contributed by atoms with E-state index in [1.807, 2.05) is 19.2 Å². The zero-order chi connectivity index (χ0) is 26.6. The number of likely N-dealkylation sites (tertiary alicyclic amines) is 1. The van der Waals surface area contributed by atoms with E-state index < -0.39 is 42.4 Å². The van der Waals surface area contributed by atoms with Gasteiger partial charge in [0, 0.05) is 29.4 Å². The van der Waals surface area contributed by atoms with Crippen LogP contribution in [0.1, 0.15) is 78.7 Å². The van der Waals surface area contributed by atoms with Crippen LogP contribution in [0.2, 0.25) is 0 Å². The van der Waals surface area contributed by atoms with Gasteiger partial charge in [0.1, 0.15) is 18.1 Å². The number of nitrogens with zero attached hydrogens (tertiary/aromatic N) is 3. The highest BCUT2D eigenvalue weighted by Gasteiger charge is 2.38. The Labute approximate surface area is 209 Å². The molecular weight excluding hydrogens is 507 g/mol. The first-order valence-electron chi connectivity index (χ1n) is 11.6. The van der Waals surface area contributed by atoms with Gasteiger partial charge in [0.25, 0.3) is 12.3 Å². The van der Waals surface area contributed by atoms with Gasteiger partial charge >= 0.3 is 12.1 Å². The van der Waals surface area contributed by atoms with E-state index in [1.165, 1.54) is 0 Å². The summed E-state index contributed by atoms with van der Waals surface area (Å²) in [5.41, 5.74) is -1.00. The number of ether oxygens (including phenoxy) is 1. The first kappa shape index (κ1) is 27.8. The van der Waals surface area contributed by atoms with Crippen molar-refractivity contribution in [3.05, 3.63) is 28.5 Å². The molecule has 0 spiro atoms. The van der Waals surface area contributed by atoms with Crippen molar-refractivity contribution < 1.29 is 36.3 Å². The van der Waals surface area contributed by atoms with Gasteiger partial charge in [0.15, 0.2) is 0 Å². The molecule has 0 aromatic carbocycles. The highest BCUT2D eigenvalue weighted by atomic mass is 32.1. The number of halogens is 5. The minimum absolute atomic E-state index is 0.0115. The molecule has 1 aliphatic rings. The lowest BCUT2D eigenvalue weighted by molar-refractivity contribution is -0.115. The number of anilines is 1. The molecule has 1 aliphatic heterocycles. The molecule has 1 saturated heterocycles. The van der Waals surface area contributed by atoms with E-state index >= 15 is 0 Å². The van der Waals surface area contributed by atoms with E-state index in [0.29, 0.717) is 11.3 Å². The molecule has 3 rings (SSSR count). The monoisotopic (exact) mass is 534 g/mol. The summed E-state index contributed by atoms with van der Waals surface area (Å²) in [4.78, 5) is 35.7. The van der Waals surface area contributed by atoms with Crippen molar-refractivity contribution in [3.63, 3.8) is 0 Å². The summed E-state index contributed by atoms with van der Waals surface area (Å²) in [6.45, 7) is 4.06. The molecule has 0 bridgehead atoms. The SMILES string of the molecule is CCCC1CCC(C)N1C(=O)c1nc(C(=O)OCC)sc1-c1cnc(NCC(F)(F)F)cc1C(F)F. The molecule has 1 amide bonds. The number of aromatic nitrogens is 2. The third kappa shape index (κ3) is 6.29. The van der Waals surface area contributed by atoms with Gasteiger partial charge < -0.3 is 15.0 Å². The van der Waals surface area contributed by atoms with Crippen molar-refractivity contribution in [2.45, 2.75) is 71.1 Å². The molecule has 2 atom stereocenters. The molecule has 0 radical (unpaired) electrons. The fourth-order valence-electron chi connectivity index (χ4n) is 4.23. The molecule has 2 aromatic rings. The van der Waals surface area contributed by atoms with Crippen LogP contribution >= 0.6 is 11.3 Å². The van der Waals surface area contributed by atoms with Crippen LogP contribution < -0.4 is 5.32 Å². The zero-order valence-corrected chi connectivity index (χ0v) is 20.8. The third-order valence-electron chi connectivity index (χ3n) is 5.81. The molecule has 1 fully saturated rings. The maximum atomic E-state index is 14.0. The van der Waals surface area contributed by atoms with Crippen LogP contribution in [0.15, 0.2) is 12.3 Å². The van der Waals surface area contributed by atoms with Crippen LogP contribution in [0, 0.1) is 0 Å². The maximum absolute atomic E-state index is 14.0. The van der Waals surface area contributed by atoms with E-state index in [9.17, 15) is 31.5 Å². The summed E-state index contributed by atoms with van der Waals surface area (Å²) in [7, 11) is 0.